The molecule has 3 aliphatic rings. The van der Waals surface area contributed by atoms with Crippen LogP contribution in [-0.4, -0.2) is 57.4 Å². The molecule has 2 bridgehead atoms. The Kier molecular flexibility index (Phi) is 3.05. The standard InChI is InChI=1S/C17H24N4O/c1-11-18-8-7-13(19-11)16(22)21-10-12-9-17(2)14(20(12)3)5-4-6-15(17)21/h7-8,12,14-15H,4-6,9-10H2,1-3H3/t12-,14-,15+,17-/m0/s1. The Morgan fingerprint density at radius 1 is 1.36 bits per heavy atom. The summed E-state index contributed by atoms with van der Waals surface area (Å²) < 4.78 is 0. The third-order valence-corrected chi connectivity index (χ3v) is 6.26. The Balaban J connectivity index is 1.70. The van der Waals surface area contributed by atoms with Crippen molar-refractivity contribution < 1.29 is 4.79 Å². The molecule has 22 heavy (non-hydrogen) atoms. The first-order chi connectivity index (χ1) is 10.5. The molecule has 5 heteroatoms. The van der Waals surface area contributed by atoms with Crippen molar-refractivity contribution in [3.63, 3.8) is 0 Å². The van der Waals surface area contributed by atoms with Gasteiger partial charge >= 0.3 is 0 Å². The van der Waals surface area contributed by atoms with E-state index < -0.39 is 0 Å². The molecule has 1 amide bonds. The van der Waals surface area contributed by atoms with Gasteiger partial charge in [0.15, 0.2) is 0 Å². The Morgan fingerprint density at radius 2 is 2.14 bits per heavy atom. The average molecular weight is 300 g/mol. The van der Waals surface area contributed by atoms with Gasteiger partial charge in [-0.3, -0.25) is 9.69 Å². The Labute approximate surface area is 131 Å². The van der Waals surface area contributed by atoms with E-state index in [9.17, 15) is 4.79 Å². The number of nitrogens with zero attached hydrogens (tertiary/aromatic N) is 4. The third-order valence-electron chi connectivity index (χ3n) is 6.26. The molecule has 1 saturated carbocycles. The zero-order chi connectivity index (χ0) is 15.5. The van der Waals surface area contributed by atoms with E-state index in [0.717, 1.165) is 13.0 Å². The molecular formula is C17H24N4O. The first kappa shape index (κ1) is 14.1. The number of aromatic nitrogens is 2. The molecule has 1 aromatic rings. The van der Waals surface area contributed by atoms with Gasteiger partial charge in [-0.25, -0.2) is 9.97 Å². The summed E-state index contributed by atoms with van der Waals surface area (Å²) in [6.07, 6.45) is 6.53. The van der Waals surface area contributed by atoms with E-state index in [-0.39, 0.29) is 11.3 Å². The van der Waals surface area contributed by atoms with Gasteiger partial charge in [-0.2, -0.15) is 0 Å². The second kappa shape index (κ2) is 4.75. The van der Waals surface area contributed by atoms with Crippen molar-refractivity contribution >= 4 is 5.91 Å². The van der Waals surface area contributed by atoms with Gasteiger partial charge in [-0.05, 0) is 45.7 Å². The van der Waals surface area contributed by atoms with Gasteiger partial charge in [0, 0.05) is 36.3 Å². The fourth-order valence-electron chi connectivity index (χ4n) is 5.24. The molecular weight excluding hydrogens is 276 g/mol. The first-order valence-corrected chi connectivity index (χ1v) is 8.33. The number of carbonyl (C=O) groups excluding carboxylic acids is 1. The van der Waals surface area contributed by atoms with Crippen LogP contribution in [0.3, 0.4) is 0 Å². The highest BCUT2D eigenvalue weighted by atomic mass is 16.2. The fraction of sp³-hybridized carbons (Fsp3) is 0.706. The van der Waals surface area contributed by atoms with Crippen LogP contribution in [0.25, 0.3) is 0 Å². The largest absolute Gasteiger partial charge is 0.332 e. The van der Waals surface area contributed by atoms with Crippen LogP contribution in [0.15, 0.2) is 12.3 Å². The summed E-state index contributed by atoms with van der Waals surface area (Å²) in [6, 6.07) is 3.23. The predicted molar refractivity (Wildman–Crippen MR) is 83.5 cm³/mol. The molecule has 0 radical (unpaired) electrons. The van der Waals surface area contributed by atoms with Crippen molar-refractivity contribution in [3.8, 4) is 0 Å². The Hall–Kier alpha value is -1.49. The number of hydrogen-bond acceptors (Lipinski definition) is 4. The lowest BCUT2D eigenvalue weighted by atomic mass is 9.66. The number of likely N-dealkylation sites (tertiary alicyclic amines) is 2. The number of likely N-dealkylation sites (N-methyl/N-ethyl adjacent to an activating group) is 1. The highest BCUT2D eigenvalue weighted by Gasteiger charge is 2.59. The van der Waals surface area contributed by atoms with Crippen molar-refractivity contribution in [1.82, 2.24) is 19.8 Å². The van der Waals surface area contributed by atoms with Crippen LogP contribution in [0.1, 0.15) is 48.9 Å². The number of carbonyl (C=O) groups is 1. The predicted octanol–water partition coefficient (Wildman–Crippen LogP) is 1.87. The van der Waals surface area contributed by atoms with E-state index in [2.05, 4.69) is 33.7 Å². The summed E-state index contributed by atoms with van der Waals surface area (Å²) in [5.74, 6) is 0.748. The summed E-state index contributed by atoms with van der Waals surface area (Å²) in [5, 5.41) is 0. The third kappa shape index (κ3) is 1.84. The Bertz CT molecular complexity index is 618. The summed E-state index contributed by atoms with van der Waals surface area (Å²) >= 11 is 0. The minimum atomic E-state index is 0.0855. The number of aryl methyl sites for hydroxylation is 1. The summed E-state index contributed by atoms with van der Waals surface area (Å²) in [5.41, 5.74) is 0.787. The summed E-state index contributed by atoms with van der Waals surface area (Å²) in [7, 11) is 2.24. The van der Waals surface area contributed by atoms with Crippen LogP contribution >= 0.6 is 0 Å². The summed E-state index contributed by atoms with van der Waals surface area (Å²) in [6.45, 7) is 5.07. The SMILES string of the molecule is Cc1nccc(C(=O)N2C[C@@H]3C[C@@]4(C)[C@H](CCC[C@@H]24)N3C)n1. The van der Waals surface area contributed by atoms with Gasteiger partial charge in [0.25, 0.3) is 5.91 Å². The smallest absolute Gasteiger partial charge is 0.272 e. The van der Waals surface area contributed by atoms with Crippen LogP contribution in [0.4, 0.5) is 0 Å². The van der Waals surface area contributed by atoms with E-state index in [4.69, 9.17) is 0 Å². The molecule has 4 atom stereocenters. The molecule has 2 aliphatic heterocycles. The molecule has 1 aliphatic carbocycles. The van der Waals surface area contributed by atoms with Crippen LogP contribution in [0, 0.1) is 12.3 Å². The van der Waals surface area contributed by atoms with E-state index in [0.29, 0.717) is 29.6 Å². The lowest BCUT2D eigenvalue weighted by molar-refractivity contribution is 0.0113. The van der Waals surface area contributed by atoms with Gasteiger partial charge in [0.2, 0.25) is 0 Å². The van der Waals surface area contributed by atoms with Gasteiger partial charge in [-0.1, -0.05) is 6.92 Å². The van der Waals surface area contributed by atoms with E-state index >= 15 is 0 Å². The number of rotatable bonds is 1. The fourth-order valence-corrected chi connectivity index (χ4v) is 5.24. The zero-order valence-corrected chi connectivity index (χ0v) is 13.6. The topological polar surface area (TPSA) is 49.3 Å². The van der Waals surface area contributed by atoms with Gasteiger partial charge < -0.3 is 4.90 Å². The number of fused-ring (bicyclic) bond motifs is 1. The monoisotopic (exact) mass is 300 g/mol. The molecule has 0 N–H and O–H groups in total. The number of piperidine rings is 1. The normalized spacial score (nSPS) is 37.4. The van der Waals surface area contributed by atoms with Crippen molar-refractivity contribution in [2.45, 2.75) is 57.7 Å². The highest BCUT2D eigenvalue weighted by Crippen LogP contribution is 2.53. The second-order valence-electron chi connectivity index (χ2n) is 7.44. The molecule has 2 saturated heterocycles. The van der Waals surface area contributed by atoms with Crippen molar-refractivity contribution in [2.24, 2.45) is 5.41 Å². The molecule has 1 aromatic heterocycles. The number of amides is 1. The van der Waals surface area contributed by atoms with Crippen LogP contribution in [0.5, 0.6) is 0 Å². The molecule has 3 fully saturated rings. The highest BCUT2D eigenvalue weighted by molar-refractivity contribution is 5.92. The van der Waals surface area contributed by atoms with E-state index in [1.54, 1.807) is 12.3 Å². The van der Waals surface area contributed by atoms with Crippen LogP contribution in [0.2, 0.25) is 0 Å². The molecule has 3 heterocycles. The second-order valence-corrected chi connectivity index (χ2v) is 7.44. The van der Waals surface area contributed by atoms with E-state index in [1.165, 1.54) is 19.3 Å². The molecule has 0 unspecified atom stereocenters. The minimum absolute atomic E-state index is 0.0855. The molecule has 4 rings (SSSR count). The quantitative estimate of drug-likeness (QED) is 0.794. The summed E-state index contributed by atoms with van der Waals surface area (Å²) in [4.78, 5) is 26.1. The maximum atomic E-state index is 13.0. The lowest BCUT2D eigenvalue weighted by Crippen LogP contribution is -2.57. The molecule has 0 aromatic carbocycles. The minimum Gasteiger partial charge on any atom is -0.332 e. The van der Waals surface area contributed by atoms with Gasteiger partial charge in [0.05, 0.1) is 0 Å². The van der Waals surface area contributed by atoms with Crippen molar-refractivity contribution in [1.29, 1.82) is 0 Å². The zero-order valence-electron chi connectivity index (χ0n) is 13.6. The van der Waals surface area contributed by atoms with Crippen LogP contribution in [-0.2, 0) is 0 Å². The van der Waals surface area contributed by atoms with Crippen molar-refractivity contribution in [3.05, 3.63) is 23.8 Å². The number of hydrogen-bond donors (Lipinski definition) is 0. The average Bonchev–Trinajstić information content (AvgIpc) is 2.75. The van der Waals surface area contributed by atoms with E-state index in [1.807, 2.05) is 6.92 Å². The molecule has 118 valence electrons. The molecule has 0 spiro atoms. The molecule has 5 nitrogen and oxygen atoms in total. The Morgan fingerprint density at radius 3 is 2.91 bits per heavy atom. The van der Waals surface area contributed by atoms with Gasteiger partial charge in [0.1, 0.15) is 11.5 Å². The maximum absolute atomic E-state index is 13.0. The van der Waals surface area contributed by atoms with Gasteiger partial charge in [-0.15, -0.1) is 0 Å². The van der Waals surface area contributed by atoms with Crippen LogP contribution < -0.4 is 0 Å². The van der Waals surface area contributed by atoms with Crippen molar-refractivity contribution in [2.75, 3.05) is 13.6 Å². The first-order valence-electron chi connectivity index (χ1n) is 8.33. The lowest BCUT2D eigenvalue weighted by Gasteiger charge is -2.50. The maximum Gasteiger partial charge on any atom is 0.272 e.